The lowest BCUT2D eigenvalue weighted by molar-refractivity contribution is 0.0723. The highest BCUT2D eigenvalue weighted by Crippen LogP contribution is 2.36. The molecule has 0 N–H and O–H groups in total. The van der Waals surface area contributed by atoms with Crippen molar-refractivity contribution in [2.75, 3.05) is 6.54 Å². The molecule has 1 aliphatic carbocycles. The Morgan fingerprint density at radius 3 is 2.92 bits per heavy atom. The lowest BCUT2D eigenvalue weighted by atomic mass is 9.94. The Hall–Kier alpha value is -2.10. The van der Waals surface area contributed by atoms with Gasteiger partial charge in [-0.25, -0.2) is 0 Å². The third-order valence-electron chi connectivity index (χ3n) is 5.67. The average molecular weight is 324 g/mol. The van der Waals surface area contributed by atoms with E-state index in [1.165, 1.54) is 16.7 Å². The van der Waals surface area contributed by atoms with E-state index in [0.29, 0.717) is 5.69 Å². The third kappa shape index (κ3) is 2.45. The van der Waals surface area contributed by atoms with Gasteiger partial charge in [0.05, 0.1) is 6.04 Å². The molecule has 1 atom stereocenters. The van der Waals surface area contributed by atoms with E-state index in [0.717, 1.165) is 56.4 Å². The van der Waals surface area contributed by atoms with E-state index in [9.17, 15) is 4.79 Å². The fraction of sp³-hybridized carbons (Fsp3) is 0.500. The first-order valence-electron chi connectivity index (χ1n) is 9.01. The number of aromatic nitrogens is 1. The Labute approximate surface area is 142 Å². The maximum atomic E-state index is 13.2. The van der Waals surface area contributed by atoms with E-state index in [2.05, 4.69) is 37.2 Å². The maximum Gasteiger partial charge on any atom is 0.276 e. The van der Waals surface area contributed by atoms with E-state index in [1.54, 1.807) is 0 Å². The second-order valence-corrected chi connectivity index (χ2v) is 7.09. The first-order chi connectivity index (χ1) is 11.7. The summed E-state index contributed by atoms with van der Waals surface area (Å²) in [7, 11) is 0. The lowest BCUT2D eigenvalue weighted by Crippen LogP contribution is -2.32. The van der Waals surface area contributed by atoms with Gasteiger partial charge in [0, 0.05) is 18.5 Å². The summed E-state index contributed by atoms with van der Waals surface area (Å²) in [6.45, 7) is 5.09. The van der Waals surface area contributed by atoms with Crippen LogP contribution in [0.1, 0.15) is 70.2 Å². The lowest BCUT2D eigenvalue weighted by Gasteiger charge is -2.26. The molecule has 2 aromatic rings. The van der Waals surface area contributed by atoms with Gasteiger partial charge in [0.15, 0.2) is 5.69 Å². The second kappa shape index (κ2) is 6.08. The van der Waals surface area contributed by atoms with Gasteiger partial charge in [-0.05, 0) is 62.6 Å². The summed E-state index contributed by atoms with van der Waals surface area (Å²) in [5.74, 6) is 0.970. The first-order valence-corrected chi connectivity index (χ1v) is 9.01. The van der Waals surface area contributed by atoms with Crippen LogP contribution in [0.3, 0.4) is 0 Å². The van der Waals surface area contributed by atoms with Gasteiger partial charge >= 0.3 is 0 Å². The number of hydrogen-bond donors (Lipinski definition) is 0. The van der Waals surface area contributed by atoms with Crippen LogP contribution in [0.2, 0.25) is 0 Å². The second-order valence-electron chi connectivity index (χ2n) is 7.09. The van der Waals surface area contributed by atoms with Crippen molar-refractivity contribution in [1.82, 2.24) is 10.1 Å². The molecular formula is C20H24N2O2. The van der Waals surface area contributed by atoms with Gasteiger partial charge in [-0.15, -0.1) is 0 Å². The number of likely N-dealkylation sites (tertiary alicyclic amines) is 1. The largest absolute Gasteiger partial charge is 0.360 e. The normalized spacial score (nSPS) is 20.2. The molecule has 1 aliphatic heterocycles. The fourth-order valence-corrected chi connectivity index (χ4v) is 4.16. The van der Waals surface area contributed by atoms with Gasteiger partial charge < -0.3 is 9.42 Å². The minimum Gasteiger partial charge on any atom is -0.360 e. The van der Waals surface area contributed by atoms with Crippen molar-refractivity contribution in [3.05, 3.63) is 51.9 Å². The van der Waals surface area contributed by atoms with E-state index in [4.69, 9.17) is 4.52 Å². The molecule has 2 heterocycles. The molecule has 0 spiro atoms. The van der Waals surface area contributed by atoms with Gasteiger partial charge in [0.2, 0.25) is 0 Å². The summed E-state index contributed by atoms with van der Waals surface area (Å²) in [6, 6.07) is 6.55. The number of carbonyl (C=O) groups is 1. The van der Waals surface area contributed by atoms with Crippen molar-refractivity contribution in [1.29, 1.82) is 0 Å². The van der Waals surface area contributed by atoms with Gasteiger partial charge in [0.1, 0.15) is 5.76 Å². The van der Waals surface area contributed by atoms with Crippen LogP contribution in [0, 0.1) is 13.8 Å². The number of carbonyl (C=O) groups excluding carboxylic acids is 1. The third-order valence-corrected chi connectivity index (χ3v) is 5.67. The van der Waals surface area contributed by atoms with E-state index >= 15 is 0 Å². The molecule has 126 valence electrons. The van der Waals surface area contributed by atoms with Crippen LogP contribution in [0.15, 0.2) is 22.7 Å². The number of nitrogens with zero attached hydrogens (tertiary/aromatic N) is 2. The molecular weight excluding hydrogens is 300 g/mol. The zero-order valence-corrected chi connectivity index (χ0v) is 14.5. The molecule has 2 aliphatic rings. The molecule has 24 heavy (non-hydrogen) atoms. The van der Waals surface area contributed by atoms with Crippen molar-refractivity contribution in [2.24, 2.45) is 0 Å². The molecule has 1 saturated heterocycles. The molecule has 1 aromatic heterocycles. The molecule has 1 amide bonds. The Balaban J connectivity index is 1.66. The molecule has 1 aromatic carbocycles. The standard InChI is InChI=1S/C20H24N2O2/c1-13-7-5-9-15(14(13)2)17-10-6-12-22(17)20(23)19-16-8-3-4-11-18(16)24-21-19/h5,7,9,17H,3-4,6,8,10-12H2,1-2H3. The monoisotopic (exact) mass is 324 g/mol. The zero-order chi connectivity index (χ0) is 16.7. The van der Waals surface area contributed by atoms with Crippen molar-refractivity contribution >= 4 is 5.91 Å². The molecule has 0 saturated carbocycles. The summed E-state index contributed by atoms with van der Waals surface area (Å²) in [5, 5.41) is 4.14. The van der Waals surface area contributed by atoms with Gasteiger partial charge in [-0.3, -0.25) is 4.79 Å². The van der Waals surface area contributed by atoms with Crippen molar-refractivity contribution in [3.63, 3.8) is 0 Å². The minimum atomic E-state index is 0.0466. The smallest absolute Gasteiger partial charge is 0.276 e. The van der Waals surface area contributed by atoms with Crippen molar-refractivity contribution in [2.45, 2.75) is 58.4 Å². The Morgan fingerprint density at radius 1 is 1.21 bits per heavy atom. The number of benzene rings is 1. The molecule has 4 heteroatoms. The van der Waals surface area contributed by atoms with E-state index in [1.807, 2.05) is 4.90 Å². The summed E-state index contributed by atoms with van der Waals surface area (Å²) >= 11 is 0. The molecule has 4 rings (SSSR count). The molecule has 0 radical (unpaired) electrons. The van der Waals surface area contributed by atoms with Gasteiger partial charge in [-0.1, -0.05) is 23.4 Å². The van der Waals surface area contributed by atoms with Crippen LogP contribution < -0.4 is 0 Å². The van der Waals surface area contributed by atoms with Crippen LogP contribution in [0.25, 0.3) is 0 Å². The zero-order valence-electron chi connectivity index (χ0n) is 14.5. The Bertz CT molecular complexity index is 778. The number of aryl methyl sites for hydroxylation is 2. The van der Waals surface area contributed by atoms with E-state index < -0.39 is 0 Å². The van der Waals surface area contributed by atoms with Crippen LogP contribution in [0.5, 0.6) is 0 Å². The summed E-state index contributed by atoms with van der Waals surface area (Å²) in [5.41, 5.74) is 5.47. The quantitative estimate of drug-likeness (QED) is 0.834. The van der Waals surface area contributed by atoms with Crippen LogP contribution in [0.4, 0.5) is 0 Å². The topological polar surface area (TPSA) is 46.3 Å². The maximum absolute atomic E-state index is 13.2. The van der Waals surface area contributed by atoms with Crippen molar-refractivity contribution in [3.8, 4) is 0 Å². The van der Waals surface area contributed by atoms with Gasteiger partial charge in [0.25, 0.3) is 5.91 Å². The Kier molecular flexibility index (Phi) is 3.91. The predicted octanol–water partition coefficient (Wildman–Crippen LogP) is 4.15. The van der Waals surface area contributed by atoms with Crippen LogP contribution in [-0.2, 0) is 12.8 Å². The molecule has 1 fully saturated rings. The summed E-state index contributed by atoms with van der Waals surface area (Å²) in [6.07, 6.45) is 6.15. The van der Waals surface area contributed by atoms with Gasteiger partial charge in [-0.2, -0.15) is 0 Å². The number of fused-ring (bicyclic) bond motifs is 1. The molecule has 4 nitrogen and oxygen atoms in total. The Morgan fingerprint density at radius 2 is 2.04 bits per heavy atom. The highest BCUT2D eigenvalue weighted by molar-refractivity contribution is 5.94. The predicted molar refractivity (Wildman–Crippen MR) is 92.1 cm³/mol. The SMILES string of the molecule is Cc1cccc(C2CCCN2C(=O)c2noc3c2CCCC3)c1C. The molecule has 0 bridgehead atoms. The van der Waals surface area contributed by atoms with E-state index in [-0.39, 0.29) is 11.9 Å². The number of amides is 1. The number of rotatable bonds is 2. The average Bonchev–Trinajstić information content (AvgIpc) is 3.23. The number of hydrogen-bond acceptors (Lipinski definition) is 3. The summed E-state index contributed by atoms with van der Waals surface area (Å²) < 4.78 is 5.45. The highest BCUT2D eigenvalue weighted by Gasteiger charge is 2.35. The van der Waals surface area contributed by atoms with Crippen LogP contribution in [-0.4, -0.2) is 22.5 Å². The fourth-order valence-electron chi connectivity index (χ4n) is 4.16. The molecule has 1 unspecified atom stereocenters. The van der Waals surface area contributed by atoms with Crippen molar-refractivity contribution < 1.29 is 9.32 Å². The minimum absolute atomic E-state index is 0.0466. The summed E-state index contributed by atoms with van der Waals surface area (Å²) in [4.78, 5) is 15.2. The highest BCUT2D eigenvalue weighted by atomic mass is 16.5. The van der Waals surface area contributed by atoms with Crippen LogP contribution >= 0.6 is 0 Å². The first kappa shape index (κ1) is 15.4.